The van der Waals surface area contributed by atoms with Crippen molar-refractivity contribution in [2.24, 2.45) is 0 Å². The van der Waals surface area contributed by atoms with Crippen LogP contribution >= 0.6 is 22.7 Å². The molecule has 20 heavy (non-hydrogen) atoms. The molecule has 108 valence electrons. The van der Waals surface area contributed by atoms with Crippen molar-refractivity contribution in [3.05, 3.63) is 22.1 Å². The molecule has 0 atom stereocenters. The number of halogens is 3. The summed E-state index contributed by atoms with van der Waals surface area (Å²) in [6.07, 6.45) is -4.50. The van der Waals surface area contributed by atoms with Crippen LogP contribution in [0.5, 0.6) is 0 Å². The van der Waals surface area contributed by atoms with Crippen molar-refractivity contribution >= 4 is 39.0 Å². The van der Waals surface area contributed by atoms with Crippen LogP contribution in [-0.4, -0.2) is 16.0 Å². The van der Waals surface area contributed by atoms with Gasteiger partial charge in [0, 0.05) is 10.8 Å². The second-order valence-electron chi connectivity index (χ2n) is 3.53. The van der Waals surface area contributed by atoms with Gasteiger partial charge in [-0.15, -0.1) is 22.7 Å². The number of thiazole rings is 2. The molecule has 0 saturated carbocycles. The van der Waals surface area contributed by atoms with Gasteiger partial charge in [0.25, 0.3) is 0 Å². The highest BCUT2D eigenvalue weighted by molar-refractivity contribution is 7.14. The van der Waals surface area contributed by atoms with Gasteiger partial charge in [-0.1, -0.05) is 0 Å². The summed E-state index contributed by atoms with van der Waals surface area (Å²) in [7, 11) is 0. The monoisotopic (exact) mass is 323 g/mol. The minimum atomic E-state index is -4.50. The normalized spacial score (nSPS) is 11.2. The van der Waals surface area contributed by atoms with Gasteiger partial charge >= 0.3 is 12.2 Å². The van der Waals surface area contributed by atoms with Crippen molar-refractivity contribution in [3.63, 3.8) is 0 Å². The first-order valence-corrected chi connectivity index (χ1v) is 6.88. The van der Waals surface area contributed by atoms with E-state index in [4.69, 9.17) is 0 Å². The Bertz CT molecular complexity index is 609. The SMILES string of the molecule is Cc1csc(NC(=O)NNc2nc(C(F)(F)F)cs2)n1. The lowest BCUT2D eigenvalue weighted by atomic mass is 10.5. The van der Waals surface area contributed by atoms with Crippen molar-refractivity contribution in [1.29, 1.82) is 0 Å². The summed E-state index contributed by atoms with van der Waals surface area (Å²) >= 11 is 1.97. The fourth-order valence-electron chi connectivity index (χ4n) is 1.11. The molecule has 0 unspecified atom stereocenters. The molecule has 0 saturated heterocycles. The summed E-state index contributed by atoms with van der Waals surface area (Å²) in [5.74, 6) is 0. The van der Waals surface area contributed by atoms with E-state index in [0.717, 1.165) is 22.4 Å². The van der Waals surface area contributed by atoms with Gasteiger partial charge < -0.3 is 0 Å². The van der Waals surface area contributed by atoms with Gasteiger partial charge in [-0.05, 0) is 6.92 Å². The van der Waals surface area contributed by atoms with E-state index in [0.29, 0.717) is 5.13 Å². The highest BCUT2D eigenvalue weighted by Gasteiger charge is 2.33. The van der Waals surface area contributed by atoms with Crippen LogP contribution in [0, 0.1) is 6.92 Å². The van der Waals surface area contributed by atoms with Gasteiger partial charge in [-0.3, -0.25) is 10.7 Å². The number of rotatable bonds is 3. The van der Waals surface area contributed by atoms with Gasteiger partial charge in [0.15, 0.2) is 10.8 Å². The molecule has 0 aliphatic carbocycles. The lowest BCUT2D eigenvalue weighted by Gasteiger charge is -2.05. The zero-order valence-corrected chi connectivity index (χ0v) is 11.5. The number of alkyl halides is 3. The molecule has 11 heteroatoms. The van der Waals surface area contributed by atoms with Crippen LogP contribution in [0.25, 0.3) is 0 Å². The fourth-order valence-corrected chi connectivity index (χ4v) is 2.47. The van der Waals surface area contributed by atoms with Gasteiger partial charge in [0.05, 0.1) is 5.69 Å². The van der Waals surface area contributed by atoms with E-state index in [1.165, 1.54) is 11.3 Å². The van der Waals surface area contributed by atoms with Crippen molar-refractivity contribution in [2.75, 3.05) is 10.7 Å². The second-order valence-corrected chi connectivity index (χ2v) is 5.25. The van der Waals surface area contributed by atoms with Crippen LogP contribution in [-0.2, 0) is 6.18 Å². The Hall–Kier alpha value is -1.88. The molecule has 3 N–H and O–H groups in total. The topological polar surface area (TPSA) is 78.9 Å². The van der Waals surface area contributed by atoms with Gasteiger partial charge in [-0.2, -0.15) is 13.2 Å². The number of aryl methyl sites for hydroxylation is 1. The van der Waals surface area contributed by atoms with Gasteiger partial charge in [-0.25, -0.2) is 20.2 Å². The van der Waals surface area contributed by atoms with Gasteiger partial charge in [0.2, 0.25) is 5.13 Å². The van der Waals surface area contributed by atoms with Crippen LogP contribution in [0.3, 0.4) is 0 Å². The highest BCUT2D eigenvalue weighted by Crippen LogP contribution is 2.31. The Kier molecular flexibility index (Phi) is 4.09. The molecule has 0 bridgehead atoms. The number of carbonyl (C=O) groups excluding carboxylic acids is 1. The number of nitrogens with one attached hydrogen (secondary N) is 3. The second kappa shape index (κ2) is 5.63. The molecule has 2 aromatic rings. The highest BCUT2D eigenvalue weighted by atomic mass is 32.1. The summed E-state index contributed by atoms with van der Waals surface area (Å²) in [6.45, 7) is 1.77. The van der Waals surface area contributed by atoms with Crippen molar-refractivity contribution in [3.8, 4) is 0 Å². The number of anilines is 2. The Morgan fingerprint density at radius 2 is 1.90 bits per heavy atom. The average Bonchev–Trinajstić information content (AvgIpc) is 2.95. The largest absolute Gasteiger partial charge is 0.434 e. The van der Waals surface area contributed by atoms with E-state index in [2.05, 4.69) is 26.1 Å². The van der Waals surface area contributed by atoms with Crippen LogP contribution in [0.4, 0.5) is 28.2 Å². The summed E-state index contributed by atoms with van der Waals surface area (Å²) in [5, 5.41) is 5.34. The standard InChI is InChI=1S/C9H8F3N5OS2/c1-4-2-19-7(13-4)15-6(18)16-17-8-14-5(3-20-8)9(10,11)12/h2-3H,1H3,(H,14,17)(H2,13,15,16,18). The Morgan fingerprint density at radius 3 is 2.45 bits per heavy atom. The predicted octanol–water partition coefficient (Wildman–Crippen LogP) is 3.08. The summed E-state index contributed by atoms with van der Waals surface area (Å²) in [6, 6.07) is -0.650. The molecular formula is C9H8F3N5OS2. The van der Waals surface area contributed by atoms with E-state index in [1.807, 2.05) is 0 Å². The fraction of sp³-hybridized carbons (Fsp3) is 0.222. The van der Waals surface area contributed by atoms with Crippen LogP contribution in [0.15, 0.2) is 10.8 Å². The third kappa shape index (κ3) is 3.81. The van der Waals surface area contributed by atoms with Crippen molar-refractivity contribution in [2.45, 2.75) is 13.1 Å². The van der Waals surface area contributed by atoms with Crippen LogP contribution in [0.1, 0.15) is 11.4 Å². The number of carbonyl (C=O) groups is 1. The minimum Gasteiger partial charge on any atom is -0.282 e. The molecule has 2 aromatic heterocycles. The maximum atomic E-state index is 12.3. The molecule has 0 radical (unpaired) electrons. The maximum absolute atomic E-state index is 12.3. The average molecular weight is 323 g/mol. The van der Waals surface area contributed by atoms with Crippen LogP contribution in [0.2, 0.25) is 0 Å². The number of nitrogens with zero attached hydrogens (tertiary/aromatic N) is 2. The Labute approximate surface area is 119 Å². The lowest BCUT2D eigenvalue weighted by Crippen LogP contribution is -2.33. The predicted molar refractivity (Wildman–Crippen MR) is 69.7 cm³/mol. The third-order valence-electron chi connectivity index (χ3n) is 1.92. The van der Waals surface area contributed by atoms with E-state index in [1.54, 1.807) is 12.3 Å². The molecule has 6 nitrogen and oxygen atoms in total. The van der Waals surface area contributed by atoms with E-state index < -0.39 is 17.9 Å². The lowest BCUT2D eigenvalue weighted by molar-refractivity contribution is -0.140. The number of hydrazine groups is 1. The number of hydrogen-bond donors (Lipinski definition) is 3. The van der Waals surface area contributed by atoms with E-state index in [-0.39, 0.29) is 5.13 Å². The summed E-state index contributed by atoms with van der Waals surface area (Å²) in [5.41, 5.74) is 4.20. The first-order valence-electron chi connectivity index (χ1n) is 5.12. The molecular weight excluding hydrogens is 315 g/mol. The smallest absolute Gasteiger partial charge is 0.282 e. The molecule has 0 spiro atoms. The molecule has 0 aliphatic rings. The molecule has 2 heterocycles. The van der Waals surface area contributed by atoms with Crippen molar-refractivity contribution in [1.82, 2.24) is 15.4 Å². The van der Waals surface area contributed by atoms with Crippen molar-refractivity contribution < 1.29 is 18.0 Å². The van der Waals surface area contributed by atoms with E-state index in [9.17, 15) is 18.0 Å². The number of urea groups is 1. The first kappa shape index (κ1) is 14.5. The molecule has 2 amide bonds. The third-order valence-corrected chi connectivity index (χ3v) is 3.55. The molecule has 0 fully saturated rings. The quantitative estimate of drug-likeness (QED) is 0.759. The van der Waals surface area contributed by atoms with E-state index >= 15 is 0 Å². The van der Waals surface area contributed by atoms with Gasteiger partial charge in [0.1, 0.15) is 0 Å². The molecule has 0 aliphatic heterocycles. The first-order chi connectivity index (χ1) is 9.34. The number of amides is 2. The maximum Gasteiger partial charge on any atom is 0.434 e. The number of hydrogen-bond acceptors (Lipinski definition) is 6. The summed E-state index contributed by atoms with van der Waals surface area (Å²) < 4.78 is 36.9. The minimum absolute atomic E-state index is 0.0669. The number of aromatic nitrogens is 2. The summed E-state index contributed by atoms with van der Waals surface area (Å²) in [4.78, 5) is 18.7. The Morgan fingerprint density at radius 1 is 1.20 bits per heavy atom. The molecule has 2 rings (SSSR count). The molecule has 0 aromatic carbocycles. The Balaban J connectivity index is 1.86. The zero-order valence-electron chi connectivity index (χ0n) is 9.91. The zero-order chi connectivity index (χ0) is 14.8. The van der Waals surface area contributed by atoms with Crippen LogP contribution < -0.4 is 16.2 Å².